The van der Waals surface area contributed by atoms with Crippen LogP contribution in [0.2, 0.25) is 0 Å². The first-order valence-electron chi connectivity index (χ1n) is 4.30. The molecule has 0 saturated heterocycles. The van der Waals surface area contributed by atoms with E-state index >= 15 is 0 Å². The molecule has 0 fully saturated rings. The van der Waals surface area contributed by atoms with Crippen LogP contribution in [0.3, 0.4) is 0 Å². The second-order valence-corrected chi connectivity index (χ2v) is 3.50. The van der Waals surface area contributed by atoms with Crippen LogP contribution in [0.4, 0.5) is 13.2 Å². The van der Waals surface area contributed by atoms with Gasteiger partial charge in [0.05, 0.1) is 16.7 Å². The van der Waals surface area contributed by atoms with Crippen LogP contribution in [0.5, 0.6) is 0 Å². The number of hydrogen-bond acceptors (Lipinski definition) is 1. The van der Waals surface area contributed by atoms with Gasteiger partial charge in [-0.05, 0) is 24.6 Å². The molecule has 1 aromatic rings. The third-order valence-electron chi connectivity index (χ3n) is 2.02. The lowest BCUT2D eigenvalue weighted by Crippen LogP contribution is -2.10. The van der Waals surface area contributed by atoms with E-state index in [1.54, 1.807) is 0 Å². The highest BCUT2D eigenvalue weighted by Gasteiger charge is 2.32. The van der Waals surface area contributed by atoms with Crippen molar-refractivity contribution in [3.8, 4) is 6.07 Å². The highest BCUT2D eigenvalue weighted by atomic mass is 35.5. The smallest absolute Gasteiger partial charge is 0.192 e. The quantitative estimate of drug-likeness (QED) is 0.731. The van der Waals surface area contributed by atoms with Gasteiger partial charge in [-0.2, -0.15) is 18.4 Å². The SMILES string of the molecule is C/C(=C(/Cl)c1ccc(C#N)cc1)C(F)(F)F. The van der Waals surface area contributed by atoms with Gasteiger partial charge >= 0.3 is 6.18 Å². The molecular formula is C11H7ClF3N. The van der Waals surface area contributed by atoms with Crippen LogP contribution in [0.15, 0.2) is 29.8 Å². The Labute approximate surface area is 95.8 Å². The lowest BCUT2D eigenvalue weighted by atomic mass is 10.1. The predicted octanol–water partition coefficient (Wildman–Crippen LogP) is 4.09. The first-order chi connectivity index (χ1) is 7.36. The number of allylic oxidation sites excluding steroid dienone is 1. The first-order valence-corrected chi connectivity index (χ1v) is 4.68. The fourth-order valence-corrected chi connectivity index (χ4v) is 1.27. The largest absolute Gasteiger partial charge is 0.413 e. The second-order valence-electron chi connectivity index (χ2n) is 3.13. The molecule has 0 radical (unpaired) electrons. The standard InChI is InChI=1S/C11H7ClF3N/c1-7(11(13,14)15)10(12)9-4-2-8(6-16)3-5-9/h2-5H,1H3/b10-7-. The van der Waals surface area contributed by atoms with Gasteiger partial charge in [-0.1, -0.05) is 23.7 Å². The Morgan fingerprint density at radius 3 is 2.12 bits per heavy atom. The first kappa shape index (κ1) is 12.6. The molecule has 0 spiro atoms. The number of nitrogens with zero attached hydrogens (tertiary/aromatic N) is 1. The summed E-state index contributed by atoms with van der Waals surface area (Å²) in [5, 5.41) is 8.18. The number of halogens is 4. The molecule has 0 aliphatic heterocycles. The molecule has 0 heterocycles. The summed E-state index contributed by atoms with van der Waals surface area (Å²) in [6.07, 6.45) is -4.44. The second kappa shape index (κ2) is 4.58. The van der Waals surface area contributed by atoms with Crippen LogP contribution in [0.25, 0.3) is 5.03 Å². The van der Waals surface area contributed by atoms with Crippen molar-refractivity contribution in [1.82, 2.24) is 0 Å². The third-order valence-corrected chi connectivity index (χ3v) is 2.52. The van der Waals surface area contributed by atoms with Crippen molar-refractivity contribution >= 4 is 16.6 Å². The topological polar surface area (TPSA) is 23.8 Å². The van der Waals surface area contributed by atoms with Gasteiger partial charge < -0.3 is 0 Å². The van der Waals surface area contributed by atoms with Gasteiger partial charge in [0, 0.05) is 5.57 Å². The maximum Gasteiger partial charge on any atom is 0.413 e. The van der Waals surface area contributed by atoms with Crippen molar-refractivity contribution in [3.05, 3.63) is 41.0 Å². The van der Waals surface area contributed by atoms with E-state index in [0.717, 1.165) is 6.92 Å². The average molecular weight is 246 g/mol. The Balaban J connectivity index is 3.15. The Morgan fingerprint density at radius 2 is 1.75 bits per heavy atom. The fraction of sp³-hybridized carbons (Fsp3) is 0.182. The molecular weight excluding hydrogens is 239 g/mol. The molecule has 0 N–H and O–H groups in total. The number of nitriles is 1. The van der Waals surface area contributed by atoms with Gasteiger partial charge in [-0.3, -0.25) is 0 Å². The summed E-state index contributed by atoms with van der Waals surface area (Å²) in [4.78, 5) is 0. The molecule has 5 heteroatoms. The summed E-state index contributed by atoms with van der Waals surface area (Å²) in [5.74, 6) is 0. The molecule has 0 unspecified atom stereocenters. The highest BCUT2D eigenvalue weighted by molar-refractivity contribution is 6.49. The molecule has 0 bridgehead atoms. The molecule has 0 atom stereocenters. The Morgan fingerprint density at radius 1 is 1.25 bits per heavy atom. The molecule has 0 aliphatic rings. The van der Waals surface area contributed by atoms with Crippen LogP contribution >= 0.6 is 11.6 Å². The average Bonchev–Trinajstić information content (AvgIpc) is 2.26. The van der Waals surface area contributed by atoms with Crippen LogP contribution in [-0.4, -0.2) is 6.18 Å². The highest BCUT2D eigenvalue weighted by Crippen LogP contribution is 2.34. The zero-order valence-corrected chi connectivity index (χ0v) is 9.02. The van der Waals surface area contributed by atoms with E-state index in [9.17, 15) is 13.2 Å². The molecule has 0 aliphatic carbocycles. The van der Waals surface area contributed by atoms with E-state index in [-0.39, 0.29) is 10.6 Å². The molecule has 1 nitrogen and oxygen atoms in total. The molecule has 0 aromatic heterocycles. The summed E-state index contributed by atoms with van der Waals surface area (Å²) in [7, 11) is 0. The minimum absolute atomic E-state index is 0.246. The van der Waals surface area contributed by atoms with Crippen LogP contribution in [0.1, 0.15) is 18.1 Å². The molecule has 1 rings (SSSR count). The molecule has 84 valence electrons. The zero-order valence-electron chi connectivity index (χ0n) is 8.27. The van der Waals surface area contributed by atoms with Crippen molar-refractivity contribution in [2.24, 2.45) is 0 Å². The van der Waals surface area contributed by atoms with Gasteiger partial charge in [-0.15, -0.1) is 0 Å². The predicted molar refractivity (Wildman–Crippen MR) is 55.7 cm³/mol. The summed E-state index contributed by atoms with van der Waals surface area (Å²) in [5.41, 5.74) is -0.229. The zero-order chi connectivity index (χ0) is 12.3. The van der Waals surface area contributed by atoms with Crippen molar-refractivity contribution in [1.29, 1.82) is 5.26 Å². The minimum Gasteiger partial charge on any atom is -0.192 e. The van der Waals surface area contributed by atoms with E-state index < -0.39 is 11.7 Å². The van der Waals surface area contributed by atoms with E-state index in [1.165, 1.54) is 24.3 Å². The Kier molecular flexibility index (Phi) is 3.61. The number of rotatable bonds is 1. The molecule has 1 aromatic carbocycles. The fourth-order valence-electron chi connectivity index (χ4n) is 1.03. The number of benzene rings is 1. The van der Waals surface area contributed by atoms with Gasteiger partial charge in [-0.25, -0.2) is 0 Å². The number of alkyl halides is 3. The molecule has 0 saturated carbocycles. The monoisotopic (exact) mass is 245 g/mol. The van der Waals surface area contributed by atoms with Gasteiger partial charge in [0.1, 0.15) is 0 Å². The summed E-state index contributed by atoms with van der Waals surface area (Å²) in [6, 6.07) is 7.48. The Bertz CT molecular complexity index is 452. The summed E-state index contributed by atoms with van der Waals surface area (Å²) < 4.78 is 37.0. The van der Waals surface area contributed by atoms with E-state index in [2.05, 4.69) is 0 Å². The maximum atomic E-state index is 12.3. The third kappa shape index (κ3) is 2.77. The molecule has 0 amide bonds. The summed E-state index contributed by atoms with van der Waals surface area (Å²) >= 11 is 5.61. The lowest BCUT2D eigenvalue weighted by molar-refractivity contribution is -0.0905. The molecule has 16 heavy (non-hydrogen) atoms. The lowest BCUT2D eigenvalue weighted by Gasteiger charge is -2.09. The summed E-state index contributed by atoms with van der Waals surface area (Å²) in [6.45, 7) is 0.917. The van der Waals surface area contributed by atoms with Gasteiger partial charge in [0.2, 0.25) is 0 Å². The van der Waals surface area contributed by atoms with E-state index in [1.807, 2.05) is 6.07 Å². The van der Waals surface area contributed by atoms with Crippen molar-refractivity contribution in [2.45, 2.75) is 13.1 Å². The minimum atomic E-state index is -4.44. The normalized spacial score (nSPS) is 13.0. The van der Waals surface area contributed by atoms with Crippen molar-refractivity contribution in [3.63, 3.8) is 0 Å². The van der Waals surface area contributed by atoms with Crippen LogP contribution in [-0.2, 0) is 0 Å². The Hall–Kier alpha value is -1.47. The van der Waals surface area contributed by atoms with E-state index in [4.69, 9.17) is 16.9 Å². The maximum absolute atomic E-state index is 12.3. The van der Waals surface area contributed by atoms with Gasteiger partial charge in [0.25, 0.3) is 0 Å². The van der Waals surface area contributed by atoms with Crippen LogP contribution in [0, 0.1) is 11.3 Å². The van der Waals surface area contributed by atoms with Crippen molar-refractivity contribution in [2.75, 3.05) is 0 Å². The van der Waals surface area contributed by atoms with Crippen LogP contribution < -0.4 is 0 Å². The number of hydrogen-bond donors (Lipinski definition) is 0. The van der Waals surface area contributed by atoms with E-state index in [0.29, 0.717) is 5.56 Å². The van der Waals surface area contributed by atoms with Gasteiger partial charge in [0.15, 0.2) is 0 Å². The van der Waals surface area contributed by atoms with Crippen molar-refractivity contribution < 1.29 is 13.2 Å².